The first-order valence-corrected chi connectivity index (χ1v) is 11.8. The molecule has 38 heavy (non-hydrogen) atoms. The summed E-state index contributed by atoms with van der Waals surface area (Å²) in [5, 5.41) is 9.94. The van der Waals surface area contributed by atoms with Crippen LogP contribution in [0.2, 0.25) is 0 Å². The van der Waals surface area contributed by atoms with Gasteiger partial charge in [0.1, 0.15) is 17.9 Å². The van der Waals surface area contributed by atoms with E-state index in [1.165, 1.54) is 12.1 Å². The number of rotatable bonds is 7. The zero-order valence-electron chi connectivity index (χ0n) is 20.4. The van der Waals surface area contributed by atoms with E-state index >= 15 is 0 Å². The van der Waals surface area contributed by atoms with Gasteiger partial charge < -0.3 is 14.7 Å². The second kappa shape index (κ2) is 10.9. The van der Waals surface area contributed by atoms with E-state index in [0.29, 0.717) is 13.1 Å². The normalized spacial score (nSPS) is 13.3. The van der Waals surface area contributed by atoms with Crippen LogP contribution in [0.3, 0.4) is 0 Å². The molecular formula is C27H24F3N3O5. The number of alkyl halides is 3. The largest absolute Gasteiger partial charge is 0.478 e. The molecule has 1 aromatic heterocycles. The molecule has 0 radical (unpaired) electrons. The number of likely N-dealkylation sites (tertiary alicyclic amines) is 1. The zero-order chi connectivity index (χ0) is 27.4. The Kier molecular flexibility index (Phi) is 7.65. The number of carboxylic acid groups (broad SMARTS) is 1. The second-order valence-corrected chi connectivity index (χ2v) is 8.79. The standard InChI is InChI=1S/C27H24F3N3O5/c1-17-6-8-18(9-7-17)25(35)33(16-23(34)32-13-2-3-14-32)22-11-10-19(15-20(22)26(36)37)38-24-21(27(28,29)30)5-4-12-31-24/h4-12,15H,2-3,13-14,16H2,1H3,(H,36,37). The molecule has 2 amide bonds. The Morgan fingerprint density at radius 1 is 1.05 bits per heavy atom. The Bertz CT molecular complexity index is 1350. The van der Waals surface area contributed by atoms with Crippen LogP contribution in [0.1, 0.15) is 44.7 Å². The highest BCUT2D eigenvalue weighted by Gasteiger charge is 2.35. The molecule has 198 valence electrons. The number of hydrogen-bond donors (Lipinski definition) is 1. The molecule has 0 bridgehead atoms. The lowest BCUT2D eigenvalue weighted by Gasteiger charge is -2.27. The molecule has 2 heterocycles. The number of aromatic nitrogens is 1. The molecule has 2 aromatic carbocycles. The summed E-state index contributed by atoms with van der Waals surface area (Å²) in [6.45, 7) is 2.51. The number of nitrogens with zero attached hydrogens (tertiary/aromatic N) is 3. The van der Waals surface area contributed by atoms with Crippen molar-refractivity contribution in [2.75, 3.05) is 24.5 Å². The second-order valence-electron chi connectivity index (χ2n) is 8.79. The van der Waals surface area contributed by atoms with Gasteiger partial charge in [0.25, 0.3) is 5.91 Å². The van der Waals surface area contributed by atoms with Crippen molar-refractivity contribution in [3.63, 3.8) is 0 Å². The van der Waals surface area contributed by atoms with Crippen molar-refractivity contribution in [3.8, 4) is 11.6 Å². The van der Waals surface area contributed by atoms with Gasteiger partial charge in [0.05, 0.1) is 11.3 Å². The minimum Gasteiger partial charge on any atom is -0.478 e. The fourth-order valence-corrected chi connectivity index (χ4v) is 4.10. The summed E-state index contributed by atoms with van der Waals surface area (Å²) >= 11 is 0. The van der Waals surface area contributed by atoms with Crippen LogP contribution in [-0.4, -0.2) is 52.4 Å². The molecule has 4 rings (SSSR count). The van der Waals surface area contributed by atoms with E-state index < -0.39 is 41.6 Å². The molecule has 0 aliphatic carbocycles. The lowest BCUT2D eigenvalue weighted by atomic mass is 10.1. The van der Waals surface area contributed by atoms with Gasteiger partial charge in [-0.15, -0.1) is 0 Å². The van der Waals surface area contributed by atoms with E-state index in [1.54, 1.807) is 29.2 Å². The number of carboxylic acids is 1. The summed E-state index contributed by atoms with van der Waals surface area (Å²) in [7, 11) is 0. The number of carbonyl (C=O) groups is 3. The fraction of sp³-hybridized carbons (Fsp3) is 0.259. The smallest absolute Gasteiger partial charge is 0.421 e. The van der Waals surface area contributed by atoms with E-state index in [1.807, 2.05) is 6.92 Å². The molecule has 0 atom stereocenters. The lowest BCUT2D eigenvalue weighted by Crippen LogP contribution is -2.42. The number of ether oxygens (including phenoxy) is 1. The summed E-state index contributed by atoms with van der Waals surface area (Å²) in [5.41, 5.74) is -0.512. The Hall–Kier alpha value is -4.41. The van der Waals surface area contributed by atoms with Crippen molar-refractivity contribution in [2.45, 2.75) is 25.9 Å². The summed E-state index contributed by atoms with van der Waals surface area (Å²) in [6, 6.07) is 11.9. The average molecular weight is 527 g/mol. The van der Waals surface area contributed by atoms with Crippen LogP contribution in [0, 0.1) is 6.92 Å². The summed E-state index contributed by atoms with van der Waals surface area (Å²) in [4.78, 5) is 45.0. The molecule has 0 saturated carbocycles. The van der Waals surface area contributed by atoms with E-state index in [9.17, 15) is 32.7 Å². The summed E-state index contributed by atoms with van der Waals surface area (Å²) in [5.74, 6) is -3.39. The monoisotopic (exact) mass is 527 g/mol. The van der Waals surface area contributed by atoms with E-state index in [4.69, 9.17) is 4.74 Å². The molecule has 8 nitrogen and oxygen atoms in total. The van der Waals surface area contributed by atoms with Crippen molar-refractivity contribution >= 4 is 23.5 Å². The van der Waals surface area contributed by atoms with Gasteiger partial charge in [-0.25, -0.2) is 9.78 Å². The van der Waals surface area contributed by atoms with E-state index in [-0.39, 0.29) is 22.9 Å². The molecule has 3 aromatic rings. The first-order chi connectivity index (χ1) is 18.0. The highest BCUT2D eigenvalue weighted by Crippen LogP contribution is 2.37. The molecule has 11 heteroatoms. The molecule has 1 aliphatic heterocycles. The van der Waals surface area contributed by atoms with Gasteiger partial charge >= 0.3 is 12.1 Å². The SMILES string of the molecule is Cc1ccc(C(=O)N(CC(=O)N2CCCC2)c2ccc(Oc3ncccc3C(F)(F)F)cc2C(=O)O)cc1. The minimum absolute atomic E-state index is 0.0972. The number of aromatic carboxylic acids is 1. The number of aryl methyl sites for hydroxylation is 1. The maximum atomic E-state index is 13.5. The van der Waals surface area contributed by atoms with Gasteiger partial charge in [-0.1, -0.05) is 17.7 Å². The Balaban J connectivity index is 1.73. The average Bonchev–Trinajstić information content (AvgIpc) is 3.42. The van der Waals surface area contributed by atoms with Gasteiger partial charge in [0, 0.05) is 24.8 Å². The number of halogens is 3. The van der Waals surface area contributed by atoms with Gasteiger partial charge in [0.2, 0.25) is 11.8 Å². The first kappa shape index (κ1) is 26.6. The molecule has 0 unspecified atom stereocenters. The molecule has 1 fully saturated rings. The quantitative estimate of drug-likeness (QED) is 0.455. The van der Waals surface area contributed by atoms with Crippen molar-refractivity contribution < 1.29 is 37.4 Å². The van der Waals surface area contributed by atoms with E-state index in [2.05, 4.69) is 4.98 Å². The third kappa shape index (κ3) is 5.93. The van der Waals surface area contributed by atoms with Crippen LogP contribution >= 0.6 is 0 Å². The summed E-state index contributed by atoms with van der Waals surface area (Å²) < 4.78 is 45.4. The number of pyridine rings is 1. The van der Waals surface area contributed by atoms with Gasteiger partial charge in [0.15, 0.2) is 0 Å². The topological polar surface area (TPSA) is 100 Å². The first-order valence-electron chi connectivity index (χ1n) is 11.8. The van der Waals surface area contributed by atoms with Crippen molar-refractivity contribution in [3.05, 3.63) is 83.0 Å². The van der Waals surface area contributed by atoms with Gasteiger partial charge in [-0.3, -0.25) is 14.5 Å². The molecule has 1 saturated heterocycles. The third-order valence-electron chi connectivity index (χ3n) is 6.08. The Morgan fingerprint density at radius 2 is 1.74 bits per heavy atom. The Labute approximate surface area is 216 Å². The molecule has 1 aliphatic rings. The van der Waals surface area contributed by atoms with Crippen LogP contribution < -0.4 is 9.64 Å². The Morgan fingerprint density at radius 3 is 2.37 bits per heavy atom. The van der Waals surface area contributed by atoms with Crippen LogP contribution in [0.15, 0.2) is 60.8 Å². The van der Waals surface area contributed by atoms with Gasteiger partial charge in [-0.2, -0.15) is 13.2 Å². The van der Waals surface area contributed by atoms with Crippen molar-refractivity contribution in [2.24, 2.45) is 0 Å². The highest BCUT2D eigenvalue weighted by atomic mass is 19.4. The summed E-state index contributed by atoms with van der Waals surface area (Å²) in [6.07, 6.45) is -1.97. The number of anilines is 1. The van der Waals surface area contributed by atoms with Crippen LogP contribution in [-0.2, 0) is 11.0 Å². The van der Waals surface area contributed by atoms with Crippen LogP contribution in [0.5, 0.6) is 11.6 Å². The van der Waals surface area contributed by atoms with Crippen LogP contribution in [0.25, 0.3) is 0 Å². The van der Waals surface area contributed by atoms with E-state index in [0.717, 1.165) is 47.7 Å². The number of carbonyl (C=O) groups excluding carboxylic acids is 2. The zero-order valence-corrected chi connectivity index (χ0v) is 20.4. The lowest BCUT2D eigenvalue weighted by molar-refractivity contribution is -0.139. The van der Waals surface area contributed by atoms with Crippen molar-refractivity contribution in [1.82, 2.24) is 9.88 Å². The number of benzene rings is 2. The number of hydrogen-bond acceptors (Lipinski definition) is 5. The van der Waals surface area contributed by atoms with Crippen molar-refractivity contribution in [1.29, 1.82) is 0 Å². The predicted molar refractivity (Wildman–Crippen MR) is 131 cm³/mol. The fourth-order valence-electron chi connectivity index (χ4n) is 4.10. The molecular weight excluding hydrogens is 503 g/mol. The van der Waals surface area contributed by atoms with Gasteiger partial charge in [-0.05, 0) is 62.2 Å². The number of amides is 2. The molecule has 0 spiro atoms. The maximum Gasteiger partial charge on any atom is 0.421 e. The van der Waals surface area contributed by atoms with Crippen LogP contribution in [0.4, 0.5) is 18.9 Å². The maximum absolute atomic E-state index is 13.5. The third-order valence-corrected chi connectivity index (χ3v) is 6.08. The predicted octanol–water partition coefficient (Wildman–Crippen LogP) is 5.17. The minimum atomic E-state index is -4.74. The highest BCUT2D eigenvalue weighted by molar-refractivity contribution is 6.11. The molecule has 1 N–H and O–H groups in total.